The molecule has 1 heterocycles. The maximum Gasteiger partial charge on any atom is 0.307 e. The van der Waals surface area contributed by atoms with Crippen LogP contribution in [0, 0.1) is 13.8 Å². The Morgan fingerprint density at radius 1 is 1.17 bits per heavy atom. The maximum atomic E-state index is 10.8. The zero-order chi connectivity index (χ0) is 17.4. The third-order valence-electron chi connectivity index (χ3n) is 3.91. The number of benzene rings is 2. The molecule has 1 aromatic heterocycles. The molecule has 0 saturated heterocycles. The van der Waals surface area contributed by atoms with Crippen LogP contribution in [0.2, 0.25) is 10.0 Å². The molecule has 0 amide bonds. The number of aliphatic carboxylic acids is 1. The first-order valence-electron chi connectivity index (χ1n) is 7.31. The highest BCUT2D eigenvalue weighted by molar-refractivity contribution is 6.37. The average molecular weight is 364 g/mol. The van der Waals surface area contributed by atoms with E-state index in [-0.39, 0.29) is 16.5 Å². The molecular formula is C18H15Cl2NO3. The molecule has 0 fully saturated rings. The number of carbonyl (C=O) groups is 1. The lowest BCUT2D eigenvalue weighted by Crippen LogP contribution is -2.00. The second-order valence-electron chi connectivity index (χ2n) is 5.64. The molecule has 0 spiro atoms. The number of hydrogen-bond acceptors (Lipinski definition) is 2. The van der Waals surface area contributed by atoms with E-state index in [9.17, 15) is 4.79 Å². The molecule has 0 atom stereocenters. The number of carboxylic acid groups (broad SMARTS) is 1. The summed E-state index contributed by atoms with van der Waals surface area (Å²) in [5.74, 6) is -0.0179. The molecule has 0 bridgehead atoms. The highest BCUT2D eigenvalue weighted by Gasteiger charge is 2.13. The van der Waals surface area contributed by atoms with E-state index in [1.165, 1.54) is 0 Å². The Kier molecular flexibility index (Phi) is 4.43. The molecule has 0 aliphatic heterocycles. The van der Waals surface area contributed by atoms with Gasteiger partial charge in [-0.05, 0) is 55.3 Å². The van der Waals surface area contributed by atoms with Crippen molar-refractivity contribution in [1.29, 1.82) is 0 Å². The number of ether oxygens (including phenoxy) is 1. The number of halogens is 2. The predicted octanol–water partition coefficient (Wildman–Crippen LogP) is 5.51. The Morgan fingerprint density at radius 2 is 1.83 bits per heavy atom. The molecule has 0 unspecified atom stereocenters. The number of fused-ring (bicyclic) bond motifs is 1. The van der Waals surface area contributed by atoms with Gasteiger partial charge in [-0.25, -0.2) is 0 Å². The van der Waals surface area contributed by atoms with Crippen molar-refractivity contribution in [2.45, 2.75) is 20.3 Å². The lowest BCUT2D eigenvalue weighted by atomic mass is 10.1. The summed E-state index contributed by atoms with van der Waals surface area (Å²) in [6, 6.07) is 8.80. The van der Waals surface area contributed by atoms with Gasteiger partial charge in [0.15, 0.2) is 5.75 Å². The number of rotatable bonds is 4. The van der Waals surface area contributed by atoms with Crippen LogP contribution in [0.1, 0.15) is 16.8 Å². The number of hydrogen-bond donors (Lipinski definition) is 2. The van der Waals surface area contributed by atoms with Crippen LogP contribution in [0.15, 0.2) is 30.3 Å². The zero-order valence-corrected chi connectivity index (χ0v) is 14.6. The third-order valence-corrected chi connectivity index (χ3v) is 4.47. The summed E-state index contributed by atoms with van der Waals surface area (Å²) < 4.78 is 5.85. The van der Waals surface area contributed by atoms with E-state index in [1.807, 2.05) is 32.0 Å². The van der Waals surface area contributed by atoms with Crippen molar-refractivity contribution in [3.8, 4) is 11.5 Å². The molecule has 124 valence electrons. The van der Waals surface area contributed by atoms with Crippen LogP contribution in [-0.4, -0.2) is 16.1 Å². The number of H-pyrrole nitrogens is 1. The highest BCUT2D eigenvalue weighted by atomic mass is 35.5. The van der Waals surface area contributed by atoms with Crippen molar-refractivity contribution in [2.24, 2.45) is 0 Å². The van der Waals surface area contributed by atoms with Crippen LogP contribution in [0.25, 0.3) is 10.9 Å². The fourth-order valence-corrected chi connectivity index (χ4v) is 3.22. The largest absolute Gasteiger partial charge is 0.481 e. The zero-order valence-electron chi connectivity index (χ0n) is 13.1. The van der Waals surface area contributed by atoms with Gasteiger partial charge in [0.25, 0.3) is 0 Å². The molecule has 3 rings (SSSR count). The Balaban J connectivity index is 1.96. The first-order valence-corrected chi connectivity index (χ1v) is 8.07. The lowest BCUT2D eigenvalue weighted by molar-refractivity contribution is -0.136. The summed E-state index contributed by atoms with van der Waals surface area (Å²) in [6.45, 7) is 4.06. The van der Waals surface area contributed by atoms with Crippen molar-refractivity contribution in [3.63, 3.8) is 0 Å². The van der Waals surface area contributed by atoms with E-state index in [1.54, 1.807) is 12.1 Å². The summed E-state index contributed by atoms with van der Waals surface area (Å²) >= 11 is 12.4. The standard InChI is InChI=1S/C18H15Cl2NO3/c1-9-10(2)21-16-4-3-12(8-13(9)16)24-18-14(19)5-11(6-15(18)20)7-17(22)23/h3-6,8,21H,7H2,1-2H3,(H,22,23). The van der Waals surface area contributed by atoms with Crippen LogP contribution in [-0.2, 0) is 11.2 Å². The minimum atomic E-state index is -0.945. The van der Waals surface area contributed by atoms with Gasteiger partial charge in [0, 0.05) is 16.6 Å². The first kappa shape index (κ1) is 16.7. The molecule has 2 N–H and O–H groups in total. The summed E-state index contributed by atoms with van der Waals surface area (Å²) in [5.41, 5.74) is 3.82. The van der Waals surface area contributed by atoms with Crippen molar-refractivity contribution in [1.82, 2.24) is 4.98 Å². The van der Waals surface area contributed by atoms with E-state index >= 15 is 0 Å². The Labute approximate surface area is 149 Å². The van der Waals surface area contributed by atoms with Crippen LogP contribution in [0.3, 0.4) is 0 Å². The second kappa shape index (κ2) is 6.38. The van der Waals surface area contributed by atoms with Gasteiger partial charge in [-0.2, -0.15) is 0 Å². The Morgan fingerprint density at radius 3 is 2.46 bits per heavy atom. The van der Waals surface area contributed by atoms with E-state index in [4.69, 9.17) is 33.0 Å². The fraction of sp³-hybridized carbons (Fsp3) is 0.167. The van der Waals surface area contributed by atoms with Gasteiger partial charge in [-0.1, -0.05) is 23.2 Å². The Hall–Kier alpha value is -2.17. The molecule has 0 radical (unpaired) electrons. The van der Waals surface area contributed by atoms with Crippen LogP contribution in [0.5, 0.6) is 11.5 Å². The molecule has 24 heavy (non-hydrogen) atoms. The van der Waals surface area contributed by atoms with Gasteiger partial charge in [-0.15, -0.1) is 0 Å². The lowest BCUT2D eigenvalue weighted by Gasteiger charge is -2.11. The molecule has 0 aliphatic carbocycles. The average Bonchev–Trinajstić information content (AvgIpc) is 2.77. The minimum Gasteiger partial charge on any atom is -0.481 e. The molecule has 2 aromatic carbocycles. The summed E-state index contributed by atoms with van der Waals surface area (Å²) in [4.78, 5) is 14.1. The first-order chi connectivity index (χ1) is 11.3. The molecule has 4 nitrogen and oxygen atoms in total. The second-order valence-corrected chi connectivity index (χ2v) is 6.46. The number of carboxylic acids is 1. The molecule has 0 saturated carbocycles. The Bertz CT molecular complexity index is 924. The minimum absolute atomic E-state index is 0.145. The fourth-order valence-electron chi connectivity index (χ4n) is 2.61. The normalized spacial score (nSPS) is 11.0. The third kappa shape index (κ3) is 3.21. The van der Waals surface area contributed by atoms with Gasteiger partial charge in [0.1, 0.15) is 5.75 Å². The van der Waals surface area contributed by atoms with E-state index in [0.29, 0.717) is 17.1 Å². The van der Waals surface area contributed by atoms with Crippen LogP contribution < -0.4 is 4.74 Å². The van der Waals surface area contributed by atoms with Crippen molar-refractivity contribution in [3.05, 3.63) is 57.2 Å². The van der Waals surface area contributed by atoms with Crippen molar-refractivity contribution >= 4 is 40.1 Å². The summed E-state index contributed by atoms with van der Waals surface area (Å²) in [6.07, 6.45) is -0.145. The van der Waals surface area contributed by atoms with Gasteiger partial charge < -0.3 is 14.8 Å². The quantitative estimate of drug-likeness (QED) is 0.642. The monoisotopic (exact) mass is 363 g/mol. The number of nitrogens with one attached hydrogen (secondary N) is 1. The molecule has 6 heteroatoms. The smallest absolute Gasteiger partial charge is 0.307 e. The van der Waals surface area contributed by atoms with Gasteiger partial charge in [0.05, 0.1) is 16.5 Å². The molecule has 0 aliphatic rings. The summed E-state index contributed by atoms with van der Waals surface area (Å²) in [5, 5.41) is 10.5. The van der Waals surface area contributed by atoms with Gasteiger partial charge in [0.2, 0.25) is 0 Å². The van der Waals surface area contributed by atoms with E-state index in [2.05, 4.69) is 4.98 Å². The van der Waals surface area contributed by atoms with Crippen molar-refractivity contribution < 1.29 is 14.6 Å². The highest BCUT2D eigenvalue weighted by Crippen LogP contribution is 2.38. The van der Waals surface area contributed by atoms with E-state index in [0.717, 1.165) is 22.2 Å². The van der Waals surface area contributed by atoms with Gasteiger partial charge >= 0.3 is 5.97 Å². The number of aryl methyl sites for hydroxylation is 2. The van der Waals surface area contributed by atoms with Crippen molar-refractivity contribution in [2.75, 3.05) is 0 Å². The summed E-state index contributed by atoms with van der Waals surface area (Å²) in [7, 11) is 0. The van der Waals surface area contributed by atoms with Crippen LogP contribution in [0.4, 0.5) is 0 Å². The van der Waals surface area contributed by atoms with E-state index < -0.39 is 5.97 Å². The number of aromatic nitrogens is 1. The van der Waals surface area contributed by atoms with Gasteiger partial charge in [-0.3, -0.25) is 4.79 Å². The molecule has 3 aromatic rings. The van der Waals surface area contributed by atoms with Crippen LogP contribution >= 0.6 is 23.2 Å². The number of aromatic amines is 1. The maximum absolute atomic E-state index is 10.8. The predicted molar refractivity (Wildman–Crippen MR) is 95.6 cm³/mol. The SMILES string of the molecule is Cc1[nH]c2ccc(Oc3c(Cl)cc(CC(=O)O)cc3Cl)cc2c1C. The molecular weight excluding hydrogens is 349 g/mol. The topological polar surface area (TPSA) is 62.3 Å².